The van der Waals surface area contributed by atoms with E-state index in [1.165, 1.54) is 0 Å². The fourth-order valence-electron chi connectivity index (χ4n) is 1.63. The van der Waals surface area contributed by atoms with Crippen LogP contribution in [0.15, 0.2) is 0 Å². The summed E-state index contributed by atoms with van der Waals surface area (Å²) in [6.45, 7) is 3.77. The molecule has 1 rings (SSSR count). The highest BCUT2D eigenvalue weighted by Gasteiger charge is 2.18. The van der Waals surface area contributed by atoms with Gasteiger partial charge in [-0.1, -0.05) is 0 Å². The lowest BCUT2D eigenvalue weighted by Gasteiger charge is -2.29. The maximum atomic E-state index is 11.8. The topological polar surface area (TPSA) is 64.7 Å². The molecule has 0 spiro atoms. The molecule has 1 saturated heterocycles. The monoisotopic (exact) mass is 228 g/mol. The molecule has 6 nitrogen and oxygen atoms in total. The van der Waals surface area contributed by atoms with Crippen molar-refractivity contribution in [1.29, 1.82) is 0 Å². The van der Waals surface area contributed by atoms with Gasteiger partial charge in [-0.15, -0.1) is 0 Å². The van der Waals surface area contributed by atoms with Crippen LogP contribution < -0.4 is 10.6 Å². The van der Waals surface area contributed by atoms with Crippen molar-refractivity contribution in [3.63, 3.8) is 0 Å². The van der Waals surface area contributed by atoms with E-state index < -0.39 is 0 Å². The van der Waals surface area contributed by atoms with Crippen LogP contribution in [0.5, 0.6) is 0 Å². The quantitative estimate of drug-likeness (QED) is 0.590. The summed E-state index contributed by atoms with van der Waals surface area (Å²) < 4.78 is 0. The Kier molecular flexibility index (Phi) is 5.21. The third-order valence-corrected chi connectivity index (χ3v) is 2.57. The molecule has 92 valence electrons. The van der Waals surface area contributed by atoms with Crippen molar-refractivity contribution >= 4 is 11.8 Å². The summed E-state index contributed by atoms with van der Waals surface area (Å²) in [4.78, 5) is 26.5. The Morgan fingerprint density at radius 2 is 1.94 bits per heavy atom. The molecular weight excluding hydrogens is 208 g/mol. The van der Waals surface area contributed by atoms with Crippen molar-refractivity contribution in [2.45, 2.75) is 0 Å². The fourth-order valence-corrected chi connectivity index (χ4v) is 1.63. The Bertz CT molecular complexity index is 251. The minimum Gasteiger partial charge on any atom is -0.358 e. The zero-order valence-electron chi connectivity index (χ0n) is 9.95. The lowest BCUT2D eigenvalue weighted by molar-refractivity contribution is -0.133. The summed E-state index contributed by atoms with van der Waals surface area (Å²) in [5, 5.41) is 5.73. The summed E-state index contributed by atoms with van der Waals surface area (Å²) in [6, 6.07) is 0. The molecular formula is C10H20N4O2. The van der Waals surface area contributed by atoms with E-state index in [-0.39, 0.29) is 18.4 Å². The van der Waals surface area contributed by atoms with Crippen molar-refractivity contribution in [2.24, 2.45) is 0 Å². The van der Waals surface area contributed by atoms with Crippen molar-refractivity contribution in [2.75, 3.05) is 53.4 Å². The molecule has 0 unspecified atom stereocenters. The second-order valence-corrected chi connectivity index (χ2v) is 3.98. The highest BCUT2D eigenvalue weighted by molar-refractivity contribution is 5.81. The third kappa shape index (κ3) is 4.16. The van der Waals surface area contributed by atoms with Crippen LogP contribution in [0.3, 0.4) is 0 Å². The van der Waals surface area contributed by atoms with Gasteiger partial charge in [0.15, 0.2) is 0 Å². The lowest BCUT2D eigenvalue weighted by atomic mass is 10.3. The Morgan fingerprint density at radius 1 is 1.31 bits per heavy atom. The molecule has 0 bridgehead atoms. The van der Waals surface area contributed by atoms with E-state index >= 15 is 0 Å². The van der Waals surface area contributed by atoms with Crippen molar-refractivity contribution in [1.82, 2.24) is 20.4 Å². The van der Waals surface area contributed by atoms with Gasteiger partial charge in [-0.3, -0.25) is 14.5 Å². The number of piperazine rings is 1. The van der Waals surface area contributed by atoms with Gasteiger partial charge in [-0.05, 0) is 7.05 Å². The average molecular weight is 228 g/mol. The molecule has 0 aromatic carbocycles. The first-order valence-corrected chi connectivity index (χ1v) is 5.51. The van der Waals surface area contributed by atoms with E-state index in [0.29, 0.717) is 6.54 Å². The predicted molar refractivity (Wildman–Crippen MR) is 61.0 cm³/mol. The molecule has 1 fully saturated rings. The summed E-state index contributed by atoms with van der Waals surface area (Å²) in [5.74, 6) is 0.0171. The highest BCUT2D eigenvalue weighted by atomic mass is 16.2. The molecule has 6 heteroatoms. The smallest absolute Gasteiger partial charge is 0.236 e. The number of amides is 2. The molecule has 2 amide bonds. The number of nitrogens with zero attached hydrogens (tertiary/aromatic N) is 2. The first-order chi connectivity index (χ1) is 7.63. The molecule has 1 heterocycles. The van der Waals surface area contributed by atoms with Crippen LogP contribution in [-0.4, -0.2) is 75.0 Å². The summed E-state index contributed by atoms with van der Waals surface area (Å²) >= 11 is 0. The first kappa shape index (κ1) is 12.9. The summed E-state index contributed by atoms with van der Waals surface area (Å²) in [7, 11) is 3.36. The predicted octanol–water partition coefficient (Wildman–Crippen LogP) is -1.90. The van der Waals surface area contributed by atoms with Crippen LogP contribution in [0.25, 0.3) is 0 Å². The van der Waals surface area contributed by atoms with Gasteiger partial charge in [-0.2, -0.15) is 0 Å². The maximum Gasteiger partial charge on any atom is 0.236 e. The molecule has 0 radical (unpaired) electrons. The van der Waals surface area contributed by atoms with Crippen molar-refractivity contribution in [3.05, 3.63) is 0 Å². The summed E-state index contributed by atoms with van der Waals surface area (Å²) in [5.41, 5.74) is 0. The molecule has 2 N–H and O–H groups in total. The molecule has 1 aliphatic heterocycles. The molecule has 0 atom stereocenters. The second-order valence-electron chi connectivity index (χ2n) is 3.98. The van der Waals surface area contributed by atoms with E-state index in [1.807, 2.05) is 4.90 Å². The largest absolute Gasteiger partial charge is 0.358 e. The van der Waals surface area contributed by atoms with E-state index in [0.717, 1.165) is 26.2 Å². The van der Waals surface area contributed by atoms with Gasteiger partial charge in [0.05, 0.1) is 13.1 Å². The minimum absolute atomic E-state index is 0.0735. The maximum absolute atomic E-state index is 11.8. The normalized spacial score (nSPS) is 16.3. The van der Waals surface area contributed by atoms with Crippen LogP contribution in [0, 0.1) is 0 Å². The van der Waals surface area contributed by atoms with Crippen LogP contribution >= 0.6 is 0 Å². The lowest BCUT2D eigenvalue weighted by Crippen LogP contribution is -2.49. The molecule has 16 heavy (non-hydrogen) atoms. The average Bonchev–Trinajstić information content (AvgIpc) is 2.29. The fraction of sp³-hybridized carbons (Fsp3) is 0.800. The van der Waals surface area contributed by atoms with Crippen molar-refractivity contribution < 1.29 is 9.59 Å². The number of hydrogen-bond donors (Lipinski definition) is 2. The number of likely N-dealkylation sites (N-methyl/N-ethyl adjacent to an activating group) is 2. The van der Waals surface area contributed by atoms with Gasteiger partial charge in [0.1, 0.15) is 0 Å². The Morgan fingerprint density at radius 3 is 2.50 bits per heavy atom. The zero-order valence-corrected chi connectivity index (χ0v) is 9.95. The van der Waals surface area contributed by atoms with Crippen LogP contribution in [0.1, 0.15) is 0 Å². The van der Waals surface area contributed by atoms with E-state index in [1.54, 1.807) is 19.0 Å². The number of rotatable bonds is 4. The van der Waals surface area contributed by atoms with Gasteiger partial charge in [-0.25, -0.2) is 0 Å². The van der Waals surface area contributed by atoms with Crippen LogP contribution in [-0.2, 0) is 9.59 Å². The number of carbonyl (C=O) groups excluding carboxylic acids is 2. The number of nitrogens with one attached hydrogen (secondary N) is 2. The molecule has 1 aliphatic rings. The Balaban J connectivity index is 2.29. The van der Waals surface area contributed by atoms with Gasteiger partial charge in [0, 0.05) is 33.2 Å². The highest BCUT2D eigenvalue weighted by Crippen LogP contribution is 1.95. The molecule has 0 aromatic rings. The van der Waals surface area contributed by atoms with Crippen LogP contribution in [0.2, 0.25) is 0 Å². The van der Waals surface area contributed by atoms with Crippen molar-refractivity contribution in [3.8, 4) is 0 Å². The van der Waals surface area contributed by atoms with E-state index in [4.69, 9.17) is 0 Å². The number of carbonyl (C=O) groups is 2. The van der Waals surface area contributed by atoms with Gasteiger partial charge < -0.3 is 15.5 Å². The number of hydrogen-bond acceptors (Lipinski definition) is 4. The standard InChI is InChI=1S/C10H20N4O2/c1-11-9(15)7-13(2)8-10(16)14-5-3-12-4-6-14/h12H,3-8H2,1-2H3,(H,11,15). The molecule has 0 aromatic heterocycles. The first-order valence-electron chi connectivity index (χ1n) is 5.51. The Labute approximate surface area is 96.0 Å². The second kappa shape index (κ2) is 6.44. The van der Waals surface area contributed by atoms with E-state index in [2.05, 4.69) is 10.6 Å². The van der Waals surface area contributed by atoms with Gasteiger partial charge >= 0.3 is 0 Å². The Hall–Kier alpha value is -1.14. The minimum atomic E-state index is -0.0735. The van der Waals surface area contributed by atoms with Crippen LogP contribution in [0.4, 0.5) is 0 Å². The summed E-state index contributed by atoms with van der Waals surface area (Å²) in [6.07, 6.45) is 0. The van der Waals surface area contributed by atoms with Gasteiger partial charge in [0.25, 0.3) is 0 Å². The SMILES string of the molecule is CNC(=O)CN(C)CC(=O)N1CCNCC1. The van der Waals surface area contributed by atoms with Gasteiger partial charge in [0.2, 0.25) is 11.8 Å². The molecule has 0 aliphatic carbocycles. The zero-order chi connectivity index (χ0) is 12.0. The third-order valence-electron chi connectivity index (χ3n) is 2.57. The van der Waals surface area contributed by atoms with E-state index in [9.17, 15) is 9.59 Å². The molecule has 0 saturated carbocycles.